The number of ether oxygens (including phenoxy) is 2. The predicted molar refractivity (Wildman–Crippen MR) is 106 cm³/mol. The summed E-state index contributed by atoms with van der Waals surface area (Å²) in [5.41, 5.74) is 1.17. The van der Waals surface area contributed by atoms with E-state index in [1.54, 1.807) is 0 Å². The van der Waals surface area contributed by atoms with E-state index in [2.05, 4.69) is 41.1 Å². The standard InChI is InChI=1S/C21H33BrO2/c1-2-3-4-5-6-7-8-9-13-16-21(22)18-24-19-23-17-20-14-11-10-12-15-20/h10-12,14-16H,2-9,13,17-19H2,1H3/b21-16+. The summed E-state index contributed by atoms with van der Waals surface area (Å²) in [4.78, 5) is 0. The van der Waals surface area contributed by atoms with E-state index < -0.39 is 0 Å². The van der Waals surface area contributed by atoms with Crippen molar-refractivity contribution >= 4 is 15.9 Å². The van der Waals surface area contributed by atoms with Gasteiger partial charge >= 0.3 is 0 Å². The molecule has 0 saturated heterocycles. The third kappa shape index (κ3) is 12.7. The molecule has 0 bridgehead atoms. The molecule has 0 saturated carbocycles. The van der Waals surface area contributed by atoms with Crippen LogP contribution in [0, 0.1) is 0 Å². The van der Waals surface area contributed by atoms with E-state index in [1.165, 1.54) is 56.9 Å². The number of benzene rings is 1. The molecule has 0 aliphatic rings. The van der Waals surface area contributed by atoms with Gasteiger partial charge in [0.15, 0.2) is 0 Å². The van der Waals surface area contributed by atoms with Gasteiger partial charge in [0.25, 0.3) is 0 Å². The molecule has 0 radical (unpaired) electrons. The quantitative estimate of drug-likeness (QED) is 0.235. The first-order valence-corrected chi connectivity index (χ1v) is 10.2. The smallest absolute Gasteiger partial charge is 0.147 e. The van der Waals surface area contributed by atoms with Gasteiger partial charge in [0.05, 0.1) is 13.2 Å². The van der Waals surface area contributed by atoms with Gasteiger partial charge in [-0.15, -0.1) is 0 Å². The molecule has 2 nitrogen and oxygen atoms in total. The summed E-state index contributed by atoms with van der Waals surface area (Å²) < 4.78 is 12.1. The average Bonchev–Trinajstić information content (AvgIpc) is 2.61. The van der Waals surface area contributed by atoms with Crippen molar-refractivity contribution in [2.24, 2.45) is 0 Å². The highest BCUT2D eigenvalue weighted by atomic mass is 79.9. The summed E-state index contributed by atoms with van der Waals surface area (Å²) >= 11 is 3.57. The minimum Gasteiger partial charge on any atom is -0.351 e. The Morgan fingerprint density at radius 1 is 0.917 bits per heavy atom. The van der Waals surface area contributed by atoms with Crippen molar-refractivity contribution in [1.29, 1.82) is 0 Å². The van der Waals surface area contributed by atoms with Crippen molar-refractivity contribution in [1.82, 2.24) is 0 Å². The molecule has 0 fully saturated rings. The molecule has 0 aliphatic carbocycles. The number of allylic oxidation sites excluding steroid dienone is 1. The largest absolute Gasteiger partial charge is 0.351 e. The Balaban J connectivity index is 1.89. The molecule has 0 spiro atoms. The van der Waals surface area contributed by atoms with Crippen LogP contribution in [0.25, 0.3) is 0 Å². The van der Waals surface area contributed by atoms with E-state index in [1.807, 2.05) is 18.2 Å². The van der Waals surface area contributed by atoms with Crippen molar-refractivity contribution in [3.05, 3.63) is 46.5 Å². The molecule has 0 aromatic heterocycles. The van der Waals surface area contributed by atoms with Crippen LogP contribution in [0.1, 0.15) is 70.3 Å². The summed E-state index contributed by atoms with van der Waals surface area (Å²) in [6, 6.07) is 10.2. The summed E-state index contributed by atoms with van der Waals surface area (Å²) in [5, 5.41) is 0. The highest BCUT2D eigenvalue weighted by molar-refractivity contribution is 9.11. The SMILES string of the molecule is CCCCCCCCCC/C=C(/Br)COCOCc1ccccc1. The van der Waals surface area contributed by atoms with Crippen LogP contribution in [0.2, 0.25) is 0 Å². The minimum absolute atomic E-state index is 0.329. The maximum absolute atomic E-state index is 5.51. The van der Waals surface area contributed by atoms with Gasteiger partial charge in [-0.25, -0.2) is 0 Å². The zero-order valence-electron chi connectivity index (χ0n) is 15.1. The number of hydrogen-bond acceptors (Lipinski definition) is 2. The van der Waals surface area contributed by atoms with Gasteiger partial charge in [-0.1, -0.05) is 104 Å². The fraction of sp³-hybridized carbons (Fsp3) is 0.619. The van der Waals surface area contributed by atoms with Gasteiger partial charge in [0.1, 0.15) is 6.79 Å². The Hall–Kier alpha value is -0.640. The molecule has 1 aromatic carbocycles. The highest BCUT2D eigenvalue weighted by Gasteiger charge is 1.95. The van der Waals surface area contributed by atoms with Gasteiger partial charge in [-0.3, -0.25) is 0 Å². The van der Waals surface area contributed by atoms with Crippen molar-refractivity contribution in [3.63, 3.8) is 0 Å². The second-order valence-electron chi connectivity index (χ2n) is 6.21. The summed E-state index contributed by atoms with van der Waals surface area (Å²) in [7, 11) is 0. The first kappa shape index (κ1) is 21.4. The molecule has 1 rings (SSSR count). The zero-order valence-corrected chi connectivity index (χ0v) is 16.7. The second kappa shape index (κ2) is 15.9. The second-order valence-corrected chi connectivity index (χ2v) is 7.23. The lowest BCUT2D eigenvalue weighted by Gasteiger charge is -2.06. The number of halogens is 1. The Kier molecular flexibility index (Phi) is 14.1. The average molecular weight is 397 g/mol. The van der Waals surface area contributed by atoms with Crippen LogP contribution in [0.5, 0.6) is 0 Å². The molecule has 136 valence electrons. The van der Waals surface area contributed by atoms with Crippen LogP contribution in [-0.2, 0) is 16.1 Å². The van der Waals surface area contributed by atoms with Crippen LogP contribution >= 0.6 is 15.9 Å². The Labute approximate surface area is 156 Å². The van der Waals surface area contributed by atoms with Gasteiger partial charge in [0, 0.05) is 4.48 Å². The molecule has 0 aliphatic heterocycles. The van der Waals surface area contributed by atoms with Crippen LogP contribution in [0.3, 0.4) is 0 Å². The number of hydrogen-bond donors (Lipinski definition) is 0. The monoisotopic (exact) mass is 396 g/mol. The molecule has 24 heavy (non-hydrogen) atoms. The van der Waals surface area contributed by atoms with Gasteiger partial charge in [-0.2, -0.15) is 0 Å². The third-order valence-corrected chi connectivity index (χ3v) is 4.49. The lowest BCUT2D eigenvalue weighted by Crippen LogP contribution is -2.01. The highest BCUT2D eigenvalue weighted by Crippen LogP contribution is 2.12. The normalized spacial score (nSPS) is 11.8. The maximum atomic E-state index is 5.51. The van der Waals surface area contributed by atoms with Crippen LogP contribution in [-0.4, -0.2) is 13.4 Å². The predicted octanol–water partition coefficient (Wildman–Crippen LogP) is 6.99. The molecule has 0 heterocycles. The molecule has 0 unspecified atom stereocenters. The molecule has 1 aromatic rings. The van der Waals surface area contributed by atoms with E-state index in [0.717, 1.165) is 10.9 Å². The van der Waals surface area contributed by atoms with Crippen molar-refractivity contribution < 1.29 is 9.47 Å². The van der Waals surface area contributed by atoms with Crippen molar-refractivity contribution in [3.8, 4) is 0 Å². The summed E-state index contributed by atoms with van der Waals surface area (Å²) in [6.07, 6.45) is 14.3. The fourth-order valence-corrected chi connectivity index (χ4v) is 2.92. The summed E-state index contributed by atoms with van der Waals surface area (Å²) in [5.74, 6) is 0. The number of rotatable bonds is 15. The van der Waals surface area contributed by atoms with E-state index in [9.17, 15) is 0 Å². The lowest BCUT2D eigenvalue weighted by atomic mass is 10.1. The topological polar surface area (TPSA) is 18.5 Å². The van der Waals surface area contributed by atoms with Gasteiger partial charge < -0.3 is 9.47 Å². The molecular formula is C21H33BrO2. The Bertz CT molecular complexity index is 417. The lowest BCUT2D eigenvalue weighted by molar-refractivity contribution is -0.0525. The maximum Gasteiger partial charge on any atom is 0.147 e. The summed E-state index contributed by atoms with van der Waals surface area (Å²) in [6.45, 7) is 3.78. The molecular weight excluding hydrogens is 364 g/mol. The van der Waals surface area contributed by atoms with Crippen LogP contribution in [0.15, 0.2) is 40.9 Å². The fourth-order valence-electron chi connectivity index (χ4n) is 2.53. The van der Waals surface area contributed by atoms with Crippen molar-refractivity contribution in [2.45, 2.75) is 71.3 Å². The first-order valence-electron chi connectivity index (χ1n) is 9.37. The zero-order chi connectivity index (χ0) is 17.3. The number of unbranched alkanes of at least 4 members (excludes halogenated alkanes) is 8. The van der Waals surface area contributed by atoms with E-state index in [0.29, 0.717) is 20.0 Å². The van der Waals surface area contributed by atoms with Crippen LogP contribution < -0.4 is 0 Å². The minimum atomic E-state index is 0.329. The van der Waals surface area contributed by atoms with E-state index in [-0.39, 0.29) is 0 Å². The Morgan fingerprint density at radius 3 is 2.29 bits per heavy atom. The molecule has 3 heteroatoms. The third-order valence-electron chi connectivity index (χ3n) is 3.94. The van der Waals surface area contributed by atoms with E-state index in [4.69, 9.17) is 9.47 Å². The van der Waals surface area contributed by atoms with Gasteiger partial charge in [-0.05, 0) is 18.4 Å². The molecule has 0 N–H and O–H groups in total. The van der Waals surface area contributed by atoms with E-state index >= 15 is 0 Å². The van der Waals surface area contributed by atoms with Crippen molar-refractivity contribution in [2.75, 3.05) is 13.4 Å². The van der Waals surface area contributed by atoms with Gasteiger partial charge in [0.2, 0.25) is 0 Å². The first-order chi connectivity index (χ1) is 11.8. The van der Waals surface area contributed by atoms with Crippen LogP contribution in [0.4, 0.5) is 0 Å². The molecule has 0 atom stereocenters. The molecule has 0 amide bonds. The Morgan fingerprint density at radius 2 is 1.58 bits per heavy atom.